The second-order valence-corrected chi connectivity index (χ2v) is 7.47. The summed E-state index contributed by atoms with van der Waals surface area (Å²) < 4.78 is 28.5. The lowest BCUT2D eigenvalue weighted by Crippen LogP contribution is -2.56. The van der Waals surface area contributed by atoms with Gasteiger partial charge in [0.15, 0.2) is 9.84 Å². The number of hydrogen-bond donors (Lipinski definition) is 1. The number of hydrogen-bond acceptors (Lipinski definition) is 4. The fourth-order valence-electron chi connectivity index (χ4n) is 2.81. The summed E-state index contributed by atoms with van der Waals surface area (Å²) in [5.41, 5.74) is 1.94. The first-order valence-electron chi connectivity index (χ1n) is 6.18. The topological polar surface area (TPSA) is 55.4 Å². The molecule has 1 aromatic rings. The van der Waals surface area contributed by atoms with Crippen molar-refractivity contribution in [3.8, 4) is 5.75 Å². The van der Waals surface area contributed by atoms with Crippen LogP contribution in [0.4, 0.5) is 0 Å². The first kappa shape index (κ1) is 12.0. The van der Waals surface area contributed by atoms with Crippen LogP contribution in [-0.4, -0.2) is 32.1 Å². The standard InChI is InChI=1S/C13H17NO3S/c1-13(8-18(15,16)9-13)17-12-4-2-3-10-7-14-6-5-11(10)12/h2-4,14H,5-9H2,1H3. The summed E-state index contributed by atoms with van der Waals surface area (Å²) in [6.07, 6.45) is 0.939. The smallest absolute Gasteiger partial charge is 0.158 e. The van der Waals surface area contributed by atoms with Gasteiger partial charge < -0.3 is 10.1 Å². The Morgan fingerprint density at radius 1 is 1.33 bits per heavy atom. The molecule has 1 aromatic carbocycles. The van der Waals surface area contributed by atoms with Gasteiger partial charge >= 0.3 is 0 Å². The summed E-state index contributed by atoms with van der Waals surface area (Å²) in [6.45, 7) is 3.68. The van der Waals surface area contributed by atoms with Crippen LogP contribution < -0.4 is 10.1 Å². The van der Waals surface area contributed by atoms with Crippen LogP contribution in [0.3, 0.4) is 0 Å². The molecule has 2 aliphatic heterocycles. The zero-order valence-corrected chi connectivity index (χ0v) is 11.2. The Labute approximate surface area is 107 Å². The molecule has 1 N–H and O–H groups in total. The summed E-state index contributed by atoms with van der Waals surface area (Å²) in [5, 5.41) is 3.32. The van der Waals surface area contributed by atoms with Gasteiger partial charge in [0.1, 0.15) is 11.4 Å². The fourth-order valence-corrected chi connectivity index (χ4v) is 4.70. The maximum absolute atomic E-state index is 11.3. The second-order valence-electron chi connectivity index (χ2n) is 5.40. The Kier molecular flexibility index (Phi) is 2.64. The number of nitrogens with one attached hydrogen (secondary N) is 1. The van der Waals surface area contributed by atoms with E-state index in [1.165, 1.54) is 11.1 Å². The fraction of sp³-hybridized carbons (Fsp3) is 0.538. The van der Waals surface area contributed by atoms with E-state index in [0.29, 0.717) is 0 Å². The quantitative estimate of drug-likeness (QED) is 0.865. The number of ether oxygens (including phenoxy) is 1. The third-order valence-electron chi connectivity index (χ3n) is 3.50. The van der Waals surface area contributed by atoms with Crippen LogP contribution in [0, 0.1) is 0 Å². The molecule has 0 bridgehead atoms. The van der Waals surface area contributed by atoms with E-state index in [1.807, 2.05) is 19.1 Å². The van der Waals surface area contributed by atoms with E-state index in [-0.39, 0.29) is 11.5 Å². The van der Waals surface area contributed by atoms with E-state index in [4.69, 9.17) is 4.74 Å². The van der Waals surface area contributed by atoms with Gasteiger partial charge in [-0.15, -0.1) is 0 Å². The predicted molar refractivity (Wildman–Crippen MR) is 69.5 cm³/mol. The van der Waals surface area contributed by atoms with Gasteiger partial charge in [-0.3, -0.25) is 0 Å². The van der Waals surface area contributed by atoms with Gasteiger partial charge in [0.05, 0.1) is 11.5 Å². The van der Waals surface area contributed by atoms with Gasteiger partial charge in [-0.05, 0) is 37.1 Å². The molecule has 0 amide bonds. The van der Waals surface area contributed by atoms with Crippen LogP contribution in [0.2, 0.25) is 0 Å². The molecule has 3 rings (SSSR count). The Morgan fingerprint density at radius 3 is 2.83 bits per heavy atom. The summed E-state index contributed by atoms with van der Waals surface area (Å²) in [6, 6.07) is 6.01. The summed E-state index contributed by atoms with van der Waals surface area (Å²) in [5.74, 6) is 1.11. The minimum atomic E-state index is -2.87. The van der Waals surface area contributed by atoms with Crippen LogP contribution in [0.5, 0.6) is 5.75 Å². The normalized spacial score (nSPS) is 23.8. The van der Waals surface area contributed by atoms with Gasteiger partial charge in [-0.25, -0.2) is 8.42 Å². The summed E-state index contributed by atoms with van der Waals surface area (Å²) >= 11 is 0. The van der Waals surface area contributed by atoms with Crippen LogP contribution in [0.25, 0.3) is 0 Å². The zero-order valence-electron chi connectivity index (χ0n) is 10.4. The van der Waals surface area contributed by atoms with E-state index in [9.17, 15) is 8.42 Å². The number of sulfone groups is 1. The van der Waals surface area contributed by atoms with E-state index in [0.717, 1.165) is 25.3 Å². The molecule has 0 atom stereocenters. The average Bonchev–Trinajstić information content (AvgIpc) is 2.26. The van der Waals surface area contributed by atoms with Gasteiger partial charge in [0.25, 0.3) is 0 Å². The molecular formula is C13H17NO3S. The van der Waals surface area contributed by atoms with E-state index in [2.05, 4.69) is 11.4 Å². The Balaban J connectivity index is 1.86. The molecular weight excluding hydrogens is 250 g/mol. The van der Waals surface area contributed by atoms with Crippen molar-refractivity contribution in [1.29, 1.82) is 0 Å². The molecule has 18 heavy (non-hydrogen) atoms. The largest absolute Gasteiger partial charge is 0.485 e. The van der Waals surface area contributed by atoms with Crippen LogP contribution in [0.1, 0.15) is 18.1 Å². The molecule has 0 aromatic heterocycles. The Morgan fingerprint density at radius 2 is 2.11 bits per heavy atom. The molecule has 2 heterocycles. The minimum Gasteiger partial charge on any atom is -0.485 e. The molecule has 2 aliphatic rings. The molecule has 1 fully saturated rings. The third kappa shape index (κ3) is 2.12. The highest BCUT2D eigenvalue weighted by molar-refractivity contribution is 7.93. The minimum absolute atomic E-state index is 0.127. The monoisotopic (exact) mass is 267 g/mol. The zero-order chi connectivity index (χ0) is 12.8. The number of benzene rings is 1. The summed E-state index contributed by atoms with van der Waals surface area (Å²) in [7, 11) is -2.87. The molecule has 0 radical (unpaired) electrons. The Bertz CT molecular complexity index is 568. The molecule has 0 aliphatic carbocycles. The average molecular weight is 267 g/mol. The van der Waals surface area contributed by atoms with Crippen molar-refractivity contribution in [2.45, 2.75) is 25.5 Å². The molecule has 4 nitrogen and oxygen atoms in total. The van der Waals surface area contributed by atoms with E-state index >= 15 is 0 Å². The van der Waals surface area contributed by atoms with Crippen molar-refractivity contribution in [2.24, 2.45) is 0 Å². The molecule has 0 saturated carbocycles. The number of fused-ring (bicyclic) bond motifs is 1. The van der Waals surface area contributed by atoms with Gasteiger partial charge in [0.2, 0.25) is 0 Å². The first-order chi connectivity index (χ1) is 8.48. The molecule has 5 heteroatoms. The Hall–Kier alpha value is -1.07. The van der Waals surface area contributed by atoms with Crippen molar-refractivity contribution in [3.63, 3.8) is 0 Å². The molecule has 0 unspecified atom stereocenters. The molecule has 0 spiro atoms. The lowest BCUT2D eigenvalue weighted by molar-refractivity contribution is 0.119. The van der Waals surface area contributed by atoms with E-state index in [1.54, 1.807) is 0 Å². The van der Waals surface area contributed by atoms with Crippen molar-refractivity contribution >= 4 is 9.84 Å². The highest BCUT2D eigenvalue weighted by Gasteiger charge is 2.47. The SMILES string of the molecule is CC1(Oc2cccc3c2CCNC3)CS(=O)(=O)C1. The lowest BCUT2D eigenvalue weighted by Gasteiger charge is -2.38. The maximum Gasteiger partial charge on any atom is 0.158 e. The van der Waals surface area contributed by atoms with Crippen LogP contribution >= 0.6 is 0 Å². The van der Waals surface area contributed by atoms with Gasteiger partial charge in [0, 0.05) is 6.54 Å². The van der Waals surface area contributed by atoms with Crippen molar-refractivity contribution in [2.75, 3.05) is 18.1 Å². The second kappa shape index (κ2) is 3.96. The molecule has 98 valence electrons. The van der Waals surface area contributed by atoms with Gasteiger partial charge in [-0.2, -0.15) is 0 Å². The third-order valence-corrected chi connectivity index (χ3v) is 5.61. The van der Waals surface area contributed by atoms with Crippen LogP contribution in [-0.2, 0) is 22.8 Å². The summed E-state index contributed by atoms with van der Waals surface area (Å²) in [4.78, 5) is 0. The van der Waals surface area contributed by atoms with E-state index < -0.39 is 15.4 Å². The highest BCUT2D eigenvalue weighted by atomic mass is 32.2. The maximum atomic E-state index is 11.3. The van der Waals surface area contributed by atoms with Crippen molar-refractivity contribution in [3.05, 3.63) is 29.3 Å². The van der Waals surface area contributed by atoms with Crippen LogP contribution in [0.15, 0.2) is 18.2 Å². The first-order valence-corrected chi connectivity index (χ1v) is 8.01. The molecule has 1 saturated heterocycles. The number of rotatable bonds is 2. The van der Waals surface area contributed by atoms with Crippen molar-refractivity contribution in [1.82, 2.24) is 5.32 Å². The lowest BCUT2D eigenvalue weighted by atomic mass is 9.99. The van der Waals surface area contributed by atoms with Crippen molar-refractivity contribution < 1.29 is 13.2 Å². The predicted octanol–water partition coefficient (Wildman–Crippen LogP) is 0.898. The highest BCUT2D eigenvalue weighted by Crippen LogP contribution is 2.33. The van der Waals surface area contributed by atoms with Gasteiger partial charge in [-0.1, -0.05) is 12.1 Å².